The van der Waals surface area contributed by atoms with Crippen LogP contribution in [0.5, 0.6) is 0 Å². The van der Waals surface area contributed by atoms with Gasteiger partial charge in [0.05, 0.1) is 5.92 Å². The molecule has 0 radical (unpaired) electrons. The minimum Gasteiger partial charge on any atom is -0.299 e. The van der Waals surface area contributed by atoms with Gasteiger partial charge in [-0.05, 0) is 25.7 Å². The number of Topliss-reactive ketones (excluding diaryl/α,β-unsaturated/α-hetero) is 2. The molecular weight excluding hydrogens is 176 g/mol. The van der Waals surface area contributed by atoms with Crippen molar-refractivity contribution in [2.75, 3.05) is 0 Å². The van der Waals surface area contributed by atoms with Crippen LogP contribution in [0.2, 0.25) is 0 Å². The molecule has 78 valence electrons. The molecule has 0 heterocycles. The maximum atomic E-state index is 11.9. The highest BCUT2D eigenvalue weighted by Gasteiger charge is 2.35. The van der Waals surface area contributed by atoms with Gasteiger partial charge in [0.15, 0.2) is 0 Å². The lowest BCUT2D eigenvalue weighted by Gasteiger charge is -2.27. The number of rotatable bonds is 2. The van der Waals surface area contributed by atoms with Gasteiger partial charge >= 0.3 is 0 Å². The molecule has 0 bridgehead atoms. The van der Waals surface area contributed by atoms with Crippen molar-refractivity contribution in [1.29, 1.82) is 0 Å². The first-order valence-electron chi connectivity index (χ1n) is 5.85. The molecule has 2 heteroatoms. The molecule has 2 rings (SSSR count). The van der Waals surface area contributed by atoms with Crippen molar-refractivity contribution in [1.82, 2.24) is 0 Å². The maximum absolute atomic E-state index is 11.9. The van der Waals surface area contributed by atoms with Gasteiger partial charge in [0.2, 0.25) is 0 Å². The van der Waals surface area contributed by atoms with Crippen LogP contribution < -0.4 is 0 Å². The summed E-state index contributed by atoms with van der Waals surface area (Å²) in [6.07, 6.45) is 7.89. The van der Waals surface area contributed by atoms with Crippen LogP contribution in [0.3, 0.4) is 0 Å². The Morgan fingerprint density at radius 3 is 2.43 bits per heavy atom. The molecule has 14 heavy (non-hydrogen) atoms. The number of hydrogen-bond donors (Lipinski definition) is 0. The fourth-order valence-corrected chi connectivity index (χ4v) is 2.44. The highest BCUT2D eigenvalue weighted by atomic mass is 16.2. The first kappa shape index (κ1) is 9.88. The van der Waals surface area contributed by atoms with Gasteiger partial charge in [0, 0.05) is 12.3 Å². The Hall–Kier alpha value is -0.660. The van der Waals surface area contributed by atoms with Crippen molar-refractivity contribution in [2.24, 2.45) is 11.8 Å². The predicted molar refractivity (Wildman–Crippen MR) is 53.9 cm³/mol. The van der Waals surface area contributed by atoms with Gasteiger partial charge in [0.25, 0.3) is 0 Å². The highest BCUT2D eigenvalue weighted by molar-refractivity contribution is 6.03. The highest BCUT2D eigenvalue weighted by Crippen LogP contribution is 2.32. The molecular formula is C12H18O2. The monoisotopic (exact) mass is 194 g/mol. The van der Waals surface area contributed by atoms with Gasteiger partial charge in [-0.3, -0.25) is 9.59 Å². The molecule has 1 atom stereocenters. The molecule has 0 aliphatic heterocycles. The second-order valence-electron chi connectivity index (χ2n) is 4.65. The molecule has 2 saturated carbocycles. The molecule has 2 aliphatic carbocycles. The van der Waals surface area contributed by atoms with E-state index in [1.165, 1.54) is 6.42 Å². The molecule has 0 saturated heterocycles. The fraction of sp³-hybridized carbons (Fsp3) is 0.833. The summed E-state index contributed by atoms with van der Waals surface area (Å²) in [5.74, 6) is 0.507. The van der Waals surface area contributed by atoms with Crippen LogP contribution in [-0.2, 0) is 9.59 Å². The van der Waals surface area contributed by atoms with E-state index in [1.54, 1.807) is 0 Å². The Morgan fingerprint density at radius 2 is 1.79 bits per heavy atom. The van der Waals surface area contributed by atoms with Gasteiger partial charge in [0.1, 0.15) is 11.6 Å². The molecule has 0 spiro atoms. The van der Waals surface area contributed by atoms with E-state index >= 15 is 0 Å². The number of ketones is 2. The van der Waals surface area contributed by atoms with Gasteiger partial charge in [-0.2, -0.15) is 0 Å². The van der Waals surface area contributed by atoms with E-state index in [0.29, 0.717) is 6.42 Å². The minimum atomic E-state index is -0.220. The van der Waals surface area contributed by atoms with E-state index < -0.39 is 0 Å². The zero-order valence-electron chi connectivity index (χ0n) is 8.63. The van der Waals surface area contributed by atoms with Crippen molar-refractivity contribution < 1.29 is 9.59 Å². The molecule has 0 N–H and O–H groups in total. The van der Waals surface area contributed by atoms with Crippen molar-refractivity contribution in [3.8, 4) is 0 Å². The summed E-state index contributed by atoms with van der Waals surface area (Å²) in [4.78, 5) is 23.6. The lowest BCUT2D eigenvalue weighted by atomic mass is 9.76. The molecule has 0 aromatic heterocycles. The van der Waals surface area contributed by atoms with E-state index in [-0.39, 0.29) is 23.4 Å². The van der Waals surface area contributed by atoms with Crippen molar-refractivity contribution >= 4 is 11.6 Å². The Kier molecular flexibility index (Phi) is 2.99. The third kappa shape index (κ3) is 1.89. The fourth-order valence-electron chi connectivity index (χ4n) is 2.44. The molecule has 1 unspecified atom stereocenters. The standard InChI is InChI=1S/C12H18O2/c13-11-8-3-1-2-7-10(11)12(14)9-5-4-6-9/h9-10H,1-8H2. The van der Waals surface area contributed by atoms with E-state index in [4.69, 9.17) is 0 Å². The second-order valence-corrected chi connectivity index (χ2v) is 4.65. The summed E-state index contributed by atoms with van der Waals surface area (Å²) >= 11 is 0. The quantitative estimate of drug-likeness (QED) is 0.500. The van der Waals surface area contributed by atoms with Gasteiger partial charge < -0.3 is 0 Å². The zero-order chi connectivity index (χ0) is 9.97. The summed E-state index contributed by atoms with van der Waals surface area (Å²) in [6.45, 7) is 0. The Bertz CT molecular complexity index is 241. The van der Waals surface area contributed by atoms with Gasteiger partial charge in [-0.15, -0.1) is 0 Å². The van der Waals surface area contributed by atoms with E-state index in [9.17, 15) is 9.59 Å². The lowest BCUT2D eigenvalue weighted by Crippen LogP contribution is -2.32. The molecule has 0 aromatic carbocycles. The molecule has 0 aromatic rings. The lowest BCUT2D eigenvalue weighted by molar-refractivity contribution is -0.136. The Balaban J connectivity index is 1.98. The van der Waals surface area contributed by atoms with Crippen molar-refractivity contribution in [3.05, 3.63) is 0 Å². The van der Waals surface area contributed by atoms with Crippen LogP contribution in [0.4, 0.5) is 0 Å². The minimum absolute atomic E-state index is 0.220. The van der Waals surface area contributed by atoms with E-state index in [0.717, 1.165) is 38.5 Å². The third-order valence-corrected chi connectivity index (χ3v) is 3.66. The van der Waals surface area contributed by atoms with Crippen LogP contribution in [0.1, 0.15) is 51.4 Å². The first-order chi connectivity index (χ1) is 6.79. The van der Waals surface area contributed by atoms with Crippen LogP contribution >= 0.6 is 0 Å². The van der Waals surface area contributed by atoms with E-state index in [2.05, 4.69) is 0 Å². The normalized spacial score (nSPS) is 29.4. The molecule has 2 fully saturated rings. The largest absolute Gasteiger partial charge is 0.299 e. The van der Waals surface area contributed by atoms with Crippen molar-refractivity contribution in [2.45, 2.75) is 51.4 Å². The topological polar surface area (TPSA) is 34.1 Å². The average Bonchev–Trinajstić information content (AvgIpc) is 2.26. The number of hydrogen-bond acceptors (Lipinski definition) is 2. The maximum Gasteiger partial charge on any atom is 0.146 e. The van der Waals surface area contributed by atoms with Gasteiger partial charge in [-0.25, -0.2) is 0 Å². The number of carbonyl (C=O) groups is 2. The summed E-state index contributed by atoms with van der Waals surface area (Å²) in [6, 6.07) is 0. The Morgan fingerprint density at radius 1 is 1.00 bits per heavy atom. The van der Waals surface area contributed by atoms with Crippen molar-refractivity contribution in [3.63, 3.8) is 0 Å². The SMILES string of the molecule is O=C1CCCCCC1C(=O)C1CCC1. The molecule has 0 amide bonds. The summed E-state index contributed by atoms with van der Waals surface area (Å²) in [7, 11) is 0. The number of carbonyl (C=O) groups excluding carboxylic acids is 2. The third-order valence-electron chi connectivity index (χ3n) is 3.66. The van der Waals surface area contributed by atoms with Crippen LogP contribution in [-0.4, -0.2) is 11.6 Å². The van der Waals surface area contributed by atoms with Crippen LogP contribution in [0.25, 0.3) is 0 Å². The average molecular weight is 194 g/mol. The molecule has 2 nitrogen and oxygen atoms in total. The van der Waals surface area contributed by atoms with E-state index in [1.807, 2.05) is 0 Å². The predicted octanol–water partition coefficient (Wildman–Crippen LogP) is 2.51. The van der Waals surface area contributed by atoms with Crippen LogP contribution in [0.15, 0.2) is 0 Å². The van der Waals surface area contributed by atoms with Crippen LogP contribution in [0, 0.1) is 11.8 Å². The smallest absolute Gasteiger partial charge is 0.146 e. The summed E-state index contributed by atoms with van der Waals surface area (Å²) < 4.78 is 0. The Labute approximate surface area is 85.1 Å². The van der Waals surface area contributed by atoms with Gasteiger partial charge in [-0.1, -0.05) is 19.3 Å². The molecule has 2 aliphatic rings. The zero-order valence-corrected chi connectivity index (χ0v) is 8.63. The summed E-state index contributed by atoms with van der Waals surface area (Å²) in [5, 5.41) is 0. The summed E-state index contributed by atoms with van der Waals surface area (Å²) in [5.41, 5.74) is 0. The second kappa shape index (κ2) is 4.24. The first-order valence-corrected chi connectivity index (χ1v) is 5.85.